The lowest BCUT2D eigenvalue weighted by Gasteiger charge is -2.20. The summed E-state index contributed by atoms with van der Waals surface area (Å²) in [6, 6.07) is 4.63. The molecule has 0 aromatic heterocycles. The summed E-state index contributed by atoms with van der Waals surface area (Å²) in [5.74, 6) is -0.0390. The van der Waals surface area contributed by atoms with E-state index in [1.54, 1.807) is 11.0 Å². The minimum absolute atomic E-state index is 0.124. The third-order valence-corrected chi connectivity index (χ3v) is 4.01. The smallest absolute Gasteiger partial charge is 0.256 e. The van der Waals surface area contributed by atoms with E-state index in [2.05, 4.69) is 0 Å². The second kappa shape index (κ2) is 6.76. The standard InChI is InChI=1S/C14H17Cl2NO3/c15-11-5-10(6-12(16)7-11)13(19)14(20)17-3-1-9(8-17)2-4-18/h5-7,9,13,18-19H,1-4,8H2/t9-,13+/m0/s1. The number of rotatable bonds is 4. The van der Waals surface area contributed by atoms with Crippen molar-refractivity contribution in [2.75, 3.05) is 19.7 Å². The van der Waals surface area contributed by atoms with Crippen molar-refractivity contribution < 1.29 is 15.0 Å². The zero-order valence-corrected chi connectivity index (χ0v) is 12.4. The molecule has 1 amide bonds. The zero-order chi connectivity index (χ0) is 14.7. The van der Waals surface area contributed by atoms with E-state index in [0.29, 0.717) is 41.0 Å². The summed E-state index contributed by atoms with van der Waals surface area (Å²) in [7, 11) is 0. The molecule has 0 saturated carbocycles. The number of hydrogen-bond acceptors (Lipinski definition) is 3. The Morgan fingerprint density at radius 1 is 1.35 bits per heavy atom. The fourth-order valence-electron chi connectivity index (χ4n) is 2.50. The van der Waals surface area contributed by atoms with Crippen LogP contribution in [0.4, 0.5) is 0 Å². The average molecular weight is 318 g/mol. The highest BCUT2D eigenvalue weighted by molar-refractivity contribution is 6.34. The van der Waals surface area contributed by atoms with E-state index in [4.69, 9.17) is 28.3 Å². The van der Waals surface area contributed by atoms with E-state index >= 15 is 0 Å². The summed E-state index contributed by atoms with van der Waals surface area (Å²) < 4.78 is 0. The van der Waals surface area contributed by atoms with Gasteiger partial charge in [-0.1, -0.05) is 23.2 Å². The molecule has 1 aromatic rings. The van der Waals surface area contributed by atoms with Gasteiger partial charge >= 0.3 is 0 Å². The van der Waals surface area contributed by atoms with Crippen molar-refractivity contribution >= 4 is 29.1 Å². The van der Waals surface area contributed by atoms with Crippen LogP contribution in [0, 0.1) is 5.92 Å². The minimum atomic E-state index is -1.25. The summed E-state index contributed by atoms with van der Waals surface area (Å²) in [6.45, 7) is 1.30. The predicted molar refractivity (Wildman–Crippen MR) is 77.8 cm³/mol. The van der Waals surface area contributed by atoms with Crippen LogP contribution in [-0.2, 0) is 4.79 Å². The van der Waals surface area contributed by atoms with Gasteiger partial charge in [-0.2, -0.15) is 0 Å². The van der Waals surface area contributed by atoms with Gasteiger partial charge in [-0.05, 0) is 42.5 Å². The zero-order valence-electron chi connectivity index (χ0n) is 10.9. The molecule has 1 aliphatic rings. The van der Waals surface area contributed by atoms with Crippen molar-refractivity contribution in [2.24, 2.45) is 5.92 Å². The van der Waals surface area contributed by atoms with Crippen molar-refractivity contribution in [1.82, 2.24) is 4.90 Å². The maximum Gasteiger partial charge on any atom is 0.256 e. The highest BCUT2D eigenvalue weighted by atomic mass is 35.5. The van der Waals surface area contributed by atoms with Crippen LogP contribution in [-0.4, -0.2) is 40.7 Å². The molecule has 2 atom stereocenters. The molecule has 1 heterocycles. The maximum atomic E-state index is 12.2. The van der Waals surface area contributed by atoms with Crippen LogP contribution in [0.5, 0.6) is 0 Å². The third-order valence-electron chi connectivity index (χ3n) is 3.57. The summed E-state index contributed by atoms with van der Waals surface area (Å²) >= 11 is 11.7. The van der Waals surface area contributed by atoms with Gasteiger partial charge in [-0.25, -0.2) is 0 Å². The third kappa shape index (κ3) is 3.64. The molecule has 1 fully saturated rings. The summed E-state index contributed by atoms with van der Waals surface area (Å²) in [4.78, 5) is 13.9. The van der Waals surface area contributed by atoms with Crippen LogP contribution in [0.3, 0.4) is 0 Å². The molecule has 20 heavy (non-hydrogen) atoms. The Morgan fingerprint density at radius 2 is 2.00 bits per heavy atom. The van der Waals surface area contributed by atoms with Crippen molar-refractivity contribution in [3.63, 3.8) is 0 Å². The Labute approximate surface area is 127 Å². The van der Waals surface area contributed by atoms with Gasteiger partial charge in [0.15, 0.2) is 6.10 Å². The lowest BCUT2D eigenvalue weighted by molar-refractivity contribution is -0.139. The molecule has 6 heteroatoms. The maximum absolute atomic E-state index is 12.2. The predicted octanol–water partition coefficient (Wildman–Crippen LogP) is 2.26. The Morgan fingerprint density at radius 3 is 2.60 bits per heavy atom. The molecule has 0 radical (unpaired) electrons. The van der Waals surface area contributed by atoms with Crippen molar-refractivity contribution in [3.05, 3.63) is 33.8 Å². The number of carbonyl (C=O) groups is 1. The van der Waals surface area contributed by atoms with E-state index in [1.165, 1.54) is 12.1 Å². The van der Waals surface area contributed by atoms with Crippen LogP contribution >= 0.6 is 23.2 Å². The molecule has 0 bridgehead atoms. The monoisotopic (exact) mass is 317 g/mol. The first-order valence-electron chi connectivity index (χ1n) is 6.55. The van der Waals surface area contributed by atoms with E-state index in [9.17, 15) is 9.90 Å². The van der Waals surface area contributed by atoms with E-state index in [-0.39, 0.29) is 12.5 Å². The van der Waals surface area contributed by atoms with Gasteiger partial charge in [0.25, 0.3) is 5.91 Å². The van der Waals surface area contributed by atoms with Crippen LogP contribution in [0.15, 0.2) is 18.2 Å². The molecule has 1 saturated heterocycles. The molecule has 0 aliphatic carbocycles. The molecular weight excluding hydrogens is 301 g/mol. The number of benzene rings is 1. The second-order valence-electron chi connectivity index (χ2n) is 5.06. The van der Waals surface area contributed by atoms with Crippen molar-refractivity contribution in [1.29, 1.82) is 0 Å². The minimum Gasteiger partial charge on any atom is -0.396 e. The number of amides is 1. The quantitative estimate of drug-likeness (QED) is 0.895. The number of carbonyl (C=O) groups excluding carboxylic acids is 1. The number of nitrogens with zero attached hydrogens (tertiary/aromatic N) is 1. The second-order valence-corrected chi connectivity index (χ2v) is 5.93. The van der Waals surface area contributed by atoms with E-state index < -0.39 is 6.10 Å². The molecule has 2 N–H and O–H groups in total. The number of aliphatic hydroxyl groups excluding tert-OH is 2. The van der Waals surface area contributed by atoms with Gasteiger partial charge < -0.3 is 15.1 Å². The lowest BCUT2D eigenvalue weighted by atomic mass is 10.1. The summed E-state index contributed by atoms with van der Waals surface area (Å²) in [5, 5.41) is 19.9. The highest BCUT2D eigenvalue weighted by Gasteiger charge is 2.30. The summed E-state index contributed by atoms with van der Waals surface area (Å²) in [6.07, 6.45) is 0.289. The number of aliphatic hydroxyl groups is 2. The fraction of sp³-hybridized carbons (Fsp3) is 0.500. The molecule has 110 valence electrons. The van der Waals surface area contributed by atoms with Crippen LogP contribution in [0.25, 0.3) is 0 Å². The molecule has 4 nitrogen and oxygen atoms in total. The SMILES string of the molecule is O=C([C@H](O)c1cc(Cl)cc(Cl)c1)N1CC[C@@H](CCO)C1. The Kier molecular flexibility index (Phi) is 5.27. The topological polar surface area (TPSA) is 60.8 Å². The fourth-order valence-corrected chi connectivity index (χ4v) is 3.04. The number of likely N-dealkylation sites (tertiary alicyclic amines) is 1. The van der Waals surface area contributed by atoms with Gasteiger partial charge in [0.05, 0.1) is 0 Å². The Bertz CT molecular complexity index is 475. The first-order valence-corrected chi connectivity index (χ1v) is 7.30. The van der Waals surface area contributed by atoms with Crippen molar-refractivity contribution in [3.8, 4) is 0 Å². The largest absolute Gasteiger partial charge is 0.396 e. The van der Waals surface area contributed by atoms with Gasteiger partial charge in [0.2, 0.25) is 0 Å². The van der Waals surface area contributed by atoms with Gasteiger partial charge in [-0.15, -0.1) is 0 Å². The van der Waals surface area contributed by atoms with Crippen LogP contribution in [0.1, 0.15) is 24.5 Å². The molecule has 0 spiro atoms. The molecule has 0 unspecified atom stereocenters. The lowest BCUT2D eigenvalue weighted by Crippen LogP contribution is -2.33. The first-order chi connectivity index (χ1) is 9.51. The van der Waals surface area contributed by atoms with Gasteiger partial charge in [-0.3, -0.25) is 4.79 Å². The molecule has 1 aliphatic heterocycles. The van der Waals surface area contributed by atoms with Crippen molar-refractivity contribution in [2.45, 2.75) is 18.9 Å². The van der Waals surface area contributed by atoms with Gasteiger partial charge in [0.1, 0.15) is 0 Å². The number of hydrogen-bond donors (Lipinski definition) is 2. The molecule has 2 rings (SSSR count). The average Bonchev–Trinajstić information content (AvgIpc) is 2.85. The van der Waals surface area contributed by atoms with Crippen LogP contribution in [0.2, 0.25) is 10.0 Å². The molecule has 1 aromatic carbocycles. The van der Waals surface area contributed by atoms with E-state index in [1.807, 2.05) is 0 Å². The van der Waals surface area contributed by atoms with Gasteiger partial charge in [0, 0.05) is 29.7 Å². The molecular formula is C14H17Cl2NO3. The van der Waals surface area contributed by atoms with E-state index in [0.717, 1.165) is 6.42 Å². The van der Waals surface area contributed by atoms with Crippen LogP contribution < -0.4 is 0 Å². The summed E-state index contributed by atoms with van der Waals surface area (Å²) in [5.41, 5.74) is 0.401. The first kappa shape index (κ1) is 15.6. The Balaban J connectivity index is 2.05. The Hall–Kier alpha value is -0.810. The normalized spacial score (nSPS) is 20.2. The highest BCUT2D eigenvalue weighted by Crippen LogP contribution is 2.27. The number of halogens is 2.